The third-order valence-electron chi connectivity index (χ3n) is 4.27. The number of halogens is 2. The molecule has 1 aromatic carbocycles. The molecule has 2 aromatic rings. The van der Waals surface area contributed by atoms with E-state index in [-0.39, 0.29) is 23.7 Å². The van der Waals surface area contributed by atoms with Crippen LogP contribution in [0.2, 0.25) is 0 Å². The lowest BCUT2D eigenvalue weighted by atomic mass is 10.1. The van der Waals surface area contributed by atoms with Gasteiger partial charge in [0.25, 0.3) is 5.91 Å². The van der Waals surface area contributed by atoms with Gasteiger partial charge in [0, 0.05) is 12.7 Å². The zero-order chi connectivity index (χ0) is 17.3. The van der Waals surface area contributed by atoms with Gasteiger partial charge in [-0.3, -0.25) is 4.79 Å². The lowest BCUT2D eigenvalue weighted by Gasteiger charge is -2.19. The molecule has 1 aliphatic heterocycles. The molecule has 0 saturated carbocycles. The average Bonchev–Trinajstić information content (AvgIpc) is 3.17. The van der Waals surface area contributed by atoms with E-state index in [4.69, 9.17) is 4.74 Å². The summed E-state index contributed by atoms with van der Waals surface area (Å²) in [4.78, 5) is 12.4. The second-order valence-corrected chi connectivity index (χ2v) is 5.96. The summed E-state index contributed by atoms with van der Waals surface area (Å²) in [6.45, 7) is 4.28. The van der Waals surface area contributed by atoms with Crippen LogP contribution in [-0.4, -0.2) is 34.4 Å². The number of ether oxygens (including phenoxy) is 1. The smallest absolute Gasteiger partial charge is 0.255 e. The number of hydrogen-bond acceptors (Lipinski definition) is 3. The van der Waals surface area contributed by atoms with Gasteiger partial charge in [-0.25, -0.2) is 13.5 Å². The second-order valence-electron chi connectivity index (χ2n) is 5.96. The number of nitrogens with one attached hydrogen (secondary N) is 1. The van der Waals surface area contributed by atoms with E-state index >= 15 is 0 Å². The highest BCUT2D eigenvalue weighted by Crippen LogP contribution is 2.19. The predicted molar refractivity (Wildman–Crippen MR) is 84.1 cm³/mol. The van der Waals surface area contributed by atoms with Gasteiger partial charge in [-0.1, -0.05) is 0 Å². The molecule has 1 N–H and O–H groups in total. The first kappa shape index (κ1) is 16.6. The lowest BCUT2D eigenvalue weighted by molar-refractivity contribution is 0.0712. The van der Waals surface area contributed by atoms with E-state index in [0.717, 1.165) is 25.0 Å². The summed E-state index contributed by atoms with van der Waals surface area (Å²) < 4.78 is 33.8. The van der Waals surface area contributed by atoms with Crippen molar-refractivity contribution in [1.29, 1.82) is 0 Å². The molecule has 1 saturated heterocycles. The Balaban J connectivity index is 1.80. The van der Waals surface area contributed by atoms with E-state index in [0.29, 0.717) is 17.9 Å². The van der Waals surface area contributed by atoms with Crippen molar-refractivity contribution in [2.24, 2.45) is 0 Å². The molecule has 0 bridgehead atoms. The van der Waals surface area contributed by atoms with E-state index < -0.39 is 11.6 Å². The van der Waals surface area contributed by atoms with Gasteiger partial charge in [-0.2, -0.15) is 5.10 Å². The number of carbonyl (C=O) groups excluding carboxylic acids is 1. The van der Waals surface area contributed by atoms with E-state index in [9.17, 15) is 13.6 Å². The minimum absolute atomic E-state index is 0.0128. The summed E-state index contributed by atoms with van der Waals surface area (Å²) in [5, 5.41) is 6.96. The van der Waals surface area contributed by atoms with Crippen LogP contribution in [0.25, 0.3) is 5.69 Å². The Morgan fingerprint density at radius 1 is 1.46 bits per heavy atom. The molecule has 0 aliphatic carbocycles. The molecule has 1 fully saturated rings. The van der Waals surface area contributed by atoms with Crippen LogP contribution in [-0.2, 0) is 4.74 Å². The molecule has 7 heteroatoms. The Morgan fingerprint density at radius 3 is 2.92 bits per heavy atom. The Bertz CT molecular complexity index is 754. The molecule has 0 spiro atoms. The fourth-order valence-corrected chi connectivity index (χ4v) is 2.90. The summed E-state index contributed by atoms with van der Waals surface area (Å²) in [5.41, 5.74) is 0.932. The summed E-state index contributed by atoms with van der Waals surface area (Å²) in [5.74, 6) is -1.69. The first-order valence-corrected chi connectivity index (χ1v) is 7.90. The molecule has 5 nitrogen and oxygen atoms in total. The van der Waals surface area contributed by atoms with Crippen LogP contribution >= 0.6 is 0 Å². The fraction of sp³-hybridized carbons (Fsp3) is 0.412. The third-order valence-corrected chi connectivity index (χ3v) is 4.27. The summed E-state index contributed by atoms with van der Waals surface area (Å²) >= 11 is 0. The highest BCUT2D eigenvalue weighted by Gasteiger charge is 2.25. The molecule has 1 aliphatic rings. The standard InChI is InChI=1S/C17H19F2N3O2/c1-10(16-4-3-7-24-16)21-17(23)13-9-20-22(11(13)2)15-6-5-12(18)8-14(15)19/h5-6,8-10,16H,3-4,7H2,1-2H3,(H,21,23). The number of nitrogens with zero attached hydrogens (tertiary/aromatic N) is 2. The largest absolute Gasteiger partial charge is 0.376 e. The van der Waals surface area contributed by atoms with Crippen molar-refractivity contribution >= 4 is 5.91 Å². The number of aromatic nitrogens is 2. The molecule has 0 radical (unpaired) electrons. The van der Waals surface area contributed by atoms with Gasteiger partial charge < -0.3 is 10.1 Å². The van der Waals surface area contributed by atoms with Gasteiger partial charge in [-0.05, 0) is 38.8 Å². The van der Waals surface area contributed by atoms with Gasteiger partial charge in [-0.15, -0.1) is 0 Å². The number of hydrogen-bond donors (Lipinski definition) is 1. The molecular weight excluding hydrogens is 316 g/mol. The number of amides is 1. The van der Waals surface area contributed by atoms with Gasteiger partial charge >= 0.3 is 0 Å². The highest BCUT2D eigenvalue weighted by atomic mass is 19.1. The van der Waals surface area contributed by atoms with Crippen molar-refractivity contribution in [3.63, 3.8) is 0 Å². The van der Waals surface area contributed by atoms with Crippen LogP contribution in [0, 0.1) is 18.6 Å². The maximum absolute atomic E-state index is 13.9. The van der Waals surface area contributed by atoms with E-state index in [1.54, 1.807) is 6.92 Å². The van der Waals surface area contributed by atoms with Gasteiger partial charge in [0.1, 0.15) is 11.5 Å². The maximum Gasteiger partial charge on any atom is 0.255 e. The maximum atomic E-state index is 13.9. The Kier molecular flexibility index (Phi) is 4.62. The van der Waals surface area contributed by atoms with Gasteiger partial charge in [0.2, 0.25) is 0 Å². The summed E-state index contributed by atoms with van der Waals surface area (Å²) in [6, 6.07) is 3.11. The van der Waals surface area contributed by atoms with Crippen molar-refractivity contribution in [2.45, 2.75) is 38.8 Å². The van der Waals surface area contributed by atoms with E-state index in [1.807, 2.05) is 6.92 Å². The average molecular weight is 335 g/mol. The summed E-state index contributed by atoms with van der Waals surface area (Å²) in [7, 11) is 0. The van der Waals surface area contributed by atoms with Crippen LogP contribution in [0.4, 0.5) is 8.78 Å². The quantitative estimate of drug-likeness (QED) is 0.935. The molecule has 2 heterocycles. The van der Waals surface area contributed by atoms with Gasteiger partial charge in [0.05, 0.1) is 29.6 Å². The first-order valence-electron chi connectivity index (χ1n) is 7.90. The predicted octanol–water partition coefficient (Wildman–Crippen LogP) is 2.76. The number of carbonyl (C=O) groups is 1. The van der Waals surface area contributed by atoms with Crippen molar-refractivity contribution in [1.82, 2.24) is 15.1 Å². The molecule has 2 atom stereocenters. The molecule has 1 amide bonds. The Hall–Kier alpha value is -2.28. The van der Waals surface area contributed by atoms with Crippen LogP contribution in [0.3, 0.4) is 0 Å². The summed E-state index contributed by atoms with van der Waals surface area (Å²) in [6.07, 6.45) is 3.31. The van der Waals surface area contributed by atoms with E-state index in [2.05, 4.69) is 10.4 Å². The zero-order valence-electron chi connectivity index (χ0n) is 13.6. The van der Waals surface area contributed by atoms with Crippen molar-refractivity contribution in [3.8, 4) is 5.69 Å². The van der Waals surface area contributed by atoms with E-state index in [1.165, 1.54) is 16.9 Å². The first-order chi connectivity index (χ1) is 11.5. The molecule has 2 unspecified atom stereocenters. The van der Waals surface area contributed by atoms with Crippen LogP contribution in [0.5, 0.6) is 0 Å². The SMILES string of the molecule is Cc1c(C(=O)NC(C)C2CCCO2)cnn1-c1ccc(F)cc1F. The van der Waals surface area contributed by atoms with Crippen LogP contribution in [0.15, 0.2) is 24.4 Å². The Morgan fingerprint density at radius 2 is 2.25 bits per heavy atom. The Labute approximate surface area is 138 Å². The highest BCUT2D eigenvalue weighted by molar-refractivity contribution is 5.95. The van der Waals surface area contributed by atoms with Gasteiger partial charge in [0.15, 0.2) is 5.82 Å². The molecule has 1 aromatic heterocycles. The number of benzene rings is 1. The fourth-order valence-electron chi connectivity index (χ4n) is 2.90. The lowest BCUT2D eigenvalue weighted by Crippen LogP contribution is -2.40. The van der Waals surface area contributed by atoms with Crippen molar-refractivity contribution in [2.75, 3.05) is 6.61 Å². The molecule has 3 rings (SSSR count). The second kappa shape index (κ2) is 6.68. The minimum atomic E-state index is -0.735. The molecular formula is C17H19F2N3O2. The topological polar surface area (TPSA) is 56.1 Å². The zero-order valence-corrected chi connectivity index (χ0v) is 13.6. The monoisotopic (exact) mass is 335 g/mol. The molecule has 128 valence electrons. The minimum Gasteiger partial charge on any atom is -0.376 e. The normalized spacial score (nSPS) is 18.6. The van der Waals surface area contributed by atoms with Crippen LogP contribution in [0.1, 0.15) is 35.8 Å². The van der Waals surface area contributed by atoms with Crippen molar-refractivity contribution < 1.29 is 18.3 Å². The molecule has 24 heavy (non-hydrogen) atoms. The third kappa shape index (κ3) is 3.17. The number of rotatable bonds is 4. The van der Waals surface area contributed by atoms with Crippen molar-refractivity contribution in [3.05, 3.63) is 47.3 Å². The van der Waals surface area contributed by atoms with Crippen LogP contribution < -0.4 is 5.32 Å².